The van der Waals surface area contributed by atoms with Crippen LogP contribution in [0, 0.1) is 5.82 Å². The zero-order chi connectivity index (χ0) is 23.9. The standard InChI is InChI=1S/C10H12FNOS.C9H8F6N2O/c11-9-1-3-10(4-2-9)14-12-5-7-13-8-6-12;10-8(11,12)4-1-5(9(13,14)15)3-6(2-4)17-7(16)18/h1-4H,5-8H2;1-3,7,17-18H,16H2. The summed E-state index contributed by atoms with van der Waals surface area (Å²) in [5, 5.41) is 10.6. The molecule has 1 fully saturated rings. The van der Waals surface area contributed by atoms with E-state index in [0.29, 0.717) is 12.1 Å². The number of morpholine rings is 1. The van der Waals surface area contributed by atoms with Crippen molar-refractivity contribution in [3.63, 3.8) is 0 Å². The highest BCUT2D eigenvalue weighted by Crippen LogP contribution is 2.37. The van der Waals surface area contributed by atoms with E-state index >= 15 is 0 Å². The first-order valence-corrected chi connectivity index (χ1v) is 9.88. The molecule has 32 heavy (non-hydrogen) atoms. The highest BCUT2D eigenvalue weighted by atomic mass is 32.2. The molecule has 1 aliphatic rings. The molecule has 0 bridgehead atoms. The topological polar surface area (TPSA) is 70.8 Å². The van der Waals surface area contributed by atoms with Crippen LogP contribution in [0.15, 0.2) is 47.4 Å². The van der Waals surface area contributed by atoms with Gasteiger partial charge in [-0.1, -0.05) is 0 Å². The lowest BCUT2D eigenvalue weighted by Crippen LogP contribution is -2.30. The smallest absolute Gasteiger partial charge is 0.379 e. The minimum absolute atomic E-state index is 0.0198. The minimum atomic E-state index is -4.93. The van der Waals surface area contributed by atoms with E-state index < -0.39 is 35.5 Å². The van der Waals surface area contributed by atoms with Crippen LogP contribution in [0.1, 0.15) is 11.1 Å². The molecule has 1 aliphatic heterocycles. The van der Waals surface area contributed by atoms with Gasteiger partial charge in [-0.2, -0.15) is 26.3 Å². The number of halogens is 7. The quantitative estimate of drug-likeness (QED) is 0.334. The molecule has 0 saturated carbocycles. The fraction of sp³-hybridized carbons (Fsp3) is 0.368. The summed E-state index contributed by atoms with van der Waals surface area (Å²) in [5.74, 6) is -0.184. The van der Waals surface area contributed by atoms with Crippen molar-refractivity contribution in [3.05, 3.63) is 59.4 Å². The van der Waals surface area contributed by atoms with Crippen molar-refractivity contribution >= 4 is 17.6 Å². The lowest BCUT2D eigenvalue weighted by Gasteiger charge is -2.25. The predicted molar refractivity (Wildman–Crippen MR) is 105 cm³/mol. The Bertz CT molecular complexity index is 823. The molecule has 1 heterocycles. The summed E-state index contributed by atoms with van der Waals surface area (Å²) in [6.45, 7) is 3.44. The molecular formula is C19H20F7N3O2S. The van der Waals surface area contributed by atoms with E-state index in [1.54, 1.807) is 24.1 Å². The maximum atomic E-state index is 12.6. The van der Waals surface area contributed by atoms with Crippen LogP contribution in [0.4, 0.5) is 36.4 Å². The number of benzene rings is 2. The summed E-state index contributed by atoms with van der Waals surface area (Å²) in [4.78, 5) is 1.08. The first-order chi connectivity index (χ1) is 14.8. The third kappa shape index (κ3) is 8.82. The molecular weight excluding hydrogens is 467 g/mol. The Labute approximate surface area is 183 Å². The highest BCUT2D eigenvalue weighted by molar-refractivity contribution is 7.97. The fourth-order valence-electron chi connectivity index (χ4n) is 2.49. The molecule has 4 N–H and O–H groups in total. The third-order valence-corrected chi connectivity index (χ3v) is 5.03. The number of hydrogen-bond acceptors (Lipinski definition) is 6. The number of alkyl halides is 6. The summed E-state index contributed by atoms with van der Waals surface area (Å²) in [7, 11) is 0. The fourth-order valence-corrected chi connectivity index (χ4v) is 3.38. The van der Waals surface area contributed by atoms with Crippen molar-refractivity contribution in [1.82, 2.24) is 4.31 Å². The molecule has 5 nitrogen and oxygen atoms in total. The van der Waals surface area contributed by atoms with E-state index in [-0.39, 0.29) is 11.9 Å². The molecule has 2 aromatic carbocycles. The molecule has 0 amide bonds. The second-order valence-corrected chi connectivity index (χ2v) is 7.64. The number of hydrogen-bond donors (Lipinski definition) is 3. The van der Waals surface area contributed by atoms with Gasteiger partial charge in [0.25, 0.3) is 0 Å². The van der Waals surface area contributed by atoms with Crippen molar-refractivity contribution < 1.29 is 40.6 Å². The molecule has 0 radical (unpaired) electrons. The van der Waals surface area contributed by atoms with E-state index in [9.17, 15) is 30.7 Å². The van der Waals surface area contributed by atoms with Gasteiger partial charge in [-0.05, 0) is 54.4 Å². The number of aliphatic hydroxyl groups is 1. The van der Waals surface area contributed by atoms with Crippen LogP contribution in [-0.4, -0.2) is 42.1 Å². The average molecular weight is 487 g/mol. The van der Waals surface area contributed by atoms with Crippen molar-refractivity contribution in [3.8, 4) is 0 Å². The van der Waals surface area contributed by atoms with Gasteiger partial charge in [-0.25, -0.2) is 8.70 Å². The zero-order valence-corrected chi connectivity index (χ0v) is 17.2. The monoisotopic (exact) mass is 487 g/mol. The van der Waals surface area contributed by atoms with Gasteiger partial charge in [-0.3, -0.25) is 5.73 Å². The minimum Gasteiger partial charge on any atom is -0.379 e. The van der Waals surface area contributed by atoms with Crippen molar-refractivity contribution in [1.29, 1.82) is 0 Å². The van der Waals surface area contributed by atoms with Crippen LogP contribution in [0.2, 0.25) is 0 Å². The van der Waals surface area contributed by atoms with E-state index in [1.165, 1.54) is 12.1 Å². The SMILES string of the molecule is Fc1ccc(SN2CCOCC2)cc1.NC(O)Nc1cc(C(F)(F)F)cc(C(F)(F)F)c1. The summed E-state index contributed by atoms with van der Waals surface area (Å²) in [6.07, 6.45) is -11.6. The normalized spacial score (nSPS) is 16.2. The van der Waals surface area contributed by atoms with Crippen LogP contribution in [0.25, 0.3) is 0 Å². The molecule has 1 atom stereocenters. The van der Waals surface area contributed by atoms with Crippen molar-refractivity contribution in [2.75, 3.05) is 31.6 Å². The number of nitrogens with two attached hydrogens (primary N) is 1. The molecule has 2 aromatic rings. The number of nitrogens with zero attached hydrogens (tertiary/aromatic N) is 1. The number of anilines is 1. The molecule has 3 rings (SSSR count). The maximum Gasteiger partial charge on any atom is 0.416 e. The van der Waals surface area contributed by atoms with Gasteiger partial charge < -0.3 is 15.2 Å². The van der Waals surface area contributed by atoms with Crippen molar-refractivity contribution in [2.24, 2.45) is 5.73 Å². The summed E-state index contributed by atoms with van der Waals surface area (Å²) in [5.41, 5.74) is 1.28. The lowest BCUT2D eigenvalue weighted by atomic mass is 10.1. The van der Waals surface area contributed by atoms with Gasteiger partial charge in [0.05, 0.1) is 24.3 Å². The Morgan fingerprint density at radius 2 is 1.44 bits per heavy atom. The third-order valence-electron chi connectivity index (χ3n) is 3.92. The van der Waals surface area contributed by atoms with Gasteiger partial charge in [0.2, 0.25) is 0 Å². The van der Waals surface area contributed by atoms with E-state index in [1.807, 2.05) is 5.32 Å². The Morgan fingerprint density at radius 1 is 0.938 bits per heavy atom. The molecule has 13 heteroatoms. The zero-order valence-electron chi connectivity index (χ0n) is 16.4. The average Bonchev–Trinajstić information content (AvgIpc) is 2.69. The van der Waals surface area contributed by atoms with Gasteiger partial charge in [-0.15, -0.1) is 0 Å². The summed E-state index contributed by atoms with van der Waals surface area (Å²) >= 11 is 1.66. The van der Waals surface area contributed by atoms with Crippen LogP contribution in [0.5, 0.6) is 0 Å². The van der Waals surface area contributed by atoms with Crippen LogP contribution in [0.3, 0.4) is 0 Å². The first-order valence-electron chi connectivity index (χ1n) is 9.10. The number of aliphatic hydroxyl groups excluding tert-OH is 1. The summed E-state index contributed by atoms with van der Waals surface area (Å²) in [6, 6.07) is 7.40. The van der Waals surface area contributed by atoms with Crippen LogP contribution in [-0.2, 0) is 17.1 Å². The first kappa shape index (κ1) is 26.2. The van der Waals surface area contributed by atoms with Gasteiger partial charge >= 0.3 is 12.4 Å². The van der Waals surface area contributed by atoms with E-state index in [2.05, 4.69) is 4.31 Å². The number of rotatable bonds is 4. The highest BCUT2D eigenvalue weighted by Gasteiger charge is 2.37. The van der Waals surface area contributed by atoms with Crippen LogP contribution < -0.4 is 11.1 Å². The van der Waals surface area contributed by atoms with E-state index in [4.69, 9.17) is 15.6 Å². The maximum absolute atomic E-state index is 12.6. The van der Waals surface area contributed by atoms with E-state index in [0.717, 1.165) is 31.2 Å². The van der Waals surface area contributed by atoms with Crippen LogP contribution >= 0.6 is 11.9 Å². The molecule has 178 valence electrons. The molecule has 1 saturated heterocycles. The summed E-state index contributed by atoms with van der Waals surface area (Å²) < 4.78 is 94.4. The number of ether oxygens (including phenoxy) is 1. The predicted octanol–water partition coefficient (Wildman–Crippen LogP) is 4.54. The Balaban J connectivity index is 0.000000233. The molecule has 0 aliphatic carbocycles. The largest absolute Gasteiger partial charge is 0.416 e. The Hall–Kier alpha value is -2.06. The lowest BCUT2D eigenvalue weighted by molar-refractivity contribution is -0.143. The number of nitrogens with one attached hydrogen (secondary N) is 1. The van der Waals surface area contributed by atoms with Gasteiger partial charge in [0.1, 0.15) is 5.82 Å². The Kier molecular flexibility index (Phi) is 9.16. The van der Waals surface area contributed by atoms with Gasteiger partial charge in [0, 0.05) is 23.7 Å². The molecule has 1 unspecified atom stereocenters. The molecule has 0 aromatic heterocycles. The second kappa shape index (κ2) is 11.2. The second-order valence-electron chi connectivity index (χ2n) is 6.47. The molecule has 0 spiro atoms. The van der Waals surface area contributed by atoms with Crippen molar-refractivity contribution in [2.45, 2.75) is 23.6 Å². The van der Waals surface area contributed by atoms with Gasteiger partial charge in [0.15, 0.2) is 6.35 Å². The Morgan fingerprint density at radius 3 is 1.88 bits per heavy atom.